The highest BCUT2D eigenvalue weighted by Crippen LogP contribution is 2.30. The van der Waals surface area contributed by atoms with Crippen molar-refractivity contribution in [2.24, 2.45) is 0 Å². The number of hydrogen-bond donors (Lipinski definition) is 2. The Morgan fingerprint density at radius 1 is 1.09 bits per heavy atom. The predicted molar refractivity (Wildman–Crippen MR) is 131 cm³/mol. The van der Waals surface area contributed by atoms with Crippen LogP contribution in [-0.4, -0.2) is 55.1 Å². The molecule has 2 aromatic carbocycles. The topological polar surface area (TPSA) is 116 Å². The van der Waals surface area contributed by atoms with Gasteiger partial charge in [-0.05, 0) is 55.0 Å². The Balaban J connectivity index is 1.46. The molecule has 186 valence electrons. The van der Waals surface area contributed by atoms with E-state index in [4.69, 9.17) is 0 Å². The molecule has 0 radical (unpaired) electrons. The molecule has 0 spiro atoms. The van der Waals surface area contributed by atoms with E-state index in [0.29, 0.717) is 24.6 Å². The molecule has 2 fully saturated rings. The van der Waals surface area contributed by atoms with Gasteiger partial charge in [-0.1, -0.05) is 44.2 Å². The number of anilines is 1. The smallest absolute Gasteiger partial charge is 0.324 e. The van der Waals surface area contributed by atoms with Crippen molar-refractivity contribution >= 4 is 33.6 Å². The second kappa shape index (κ2) is 9.43. The third kappa shape index (κ3) is 4.81. The summed E-state index contributed by atoms with van der Waals surface area (Å²) in [5, 5.41) is 5.30. The monoisotopic (exact) mass is 498 g/mol. The molecular weight excluding hydrogens is 468 g/mol. The maximum Gasteiger partial charge on any atom is 0.325 e. The largest absolute Gasteiger partial charge is 0.325 e. The number of benzene rings is 2. The molecule has 2 saturated heterocycles. The van der Waals surface area contributed by atoms with Crippen molar-refractivity contribution in [2.45, 2.75) is 50.0 Å². The molecule has 10 heteroatoms. The van der Waals surface area contributed by atoms with Gasteiger partial charge >= 0.3 is 6.03 Å². The maximum absolute atomic E-state index is 13.2. The van der Waals surface area contributed by atoms with E-state index in [9.17, 15) is 22.8 Å². The summed E-state index contributed by atoms with van der Waals surface area (Å²) in [5.41, 5.74) is 0.730. The molecule has 0 aromatic heterocycles. The predicted octanol–water partition coefficient (Wildman–Crippen LogP) is 3.00. The Labute approximate surface area is 205 Å². The summed E-state index contributed by atoms with van der Waals surface area (Å²) in [7, 11) is -3.64. The van der Waals surface area contributed by atoms with Gasteiger partial charge in [-0.2, -0.15) is 4.31 Å². The number of rotatable bonds is 7. The molecule has 2 aliphatic heterocycles. The number of sulfonamides is 1. The first-order valence-corrected chi connectivity index (χ1v) is 13.1. The molecule has 0 bridgehead atoms. The van der Waals surface area contributed by atoms with E-state index in [0.717, 1.165) is 23.3 Å². The van der Waals surface area contributed by atoms with Crippen LogP contribution >= 0.6 is 0 Å². The fourth-order valence-corrected chi connectivity index (χ4v) is 5.96. The van der Waals surface area contributed by atoms with Crippen molar-refractivity contribution in [3.05, 3.63) is 59.7 Å². The van der Waals surface area contributed by atoms with Crippen molar-refractivity contribution < 1.29 is 22.8 Å². The zero-order valence-electron chi connectivity index (χ0n) is 20.1. The zero-order chi connectivity index (χ0) is 25.4. The van der Waals surface area contributed by atoms with Crippen LogP contribution < -0.4 is 10.6 Å². The first-order chi connectivity index (χ1) is 16.5. The van der Waals surface area contributed by atoms with Gasteiger partial charge in [0.05, 0.1) is 4.90 Å². The fourth-order valence-electron chi connectivity index (χ4n) is 4.39. The van der Waals surface area contributed by atoms with Gasteiger partial charge in [0.15, 0.2) is 0 Å². The molecule has 4 rings (SSSR count). The molecule has 2 aliphatic rings. The number of urea groups is 1. The minimum absolute atomic E-state index is 0.0876. The lowest BCUT2D eigenvalue weighted by molar-refractivity contribution is -0.133. The SMILES string of the molecule is CC(C)c1ccc([C@]2(C)NC(=O)N(CC(=O)Nc3cccc(S(=O)(=O)N4CCCC4)c3)C2=O)cc1. The lowest BCUT2D eigenvalue weighted by Crippen LogP contribution is -2.42. The highest BCUT2D eigenvalue weighted by atomic mass is 32.2. The summed E-state index contributed by atoms with van der Waals surface area (Å²) in [6.07, 6.45) is 1.64. The number of imide groups is 1. The second-order valence-corrected chi connectivity index (χ2v) is 11.3. The van der Waals surface area contributed by atoms with E-state index in [1.165, 1.54) is 16.4 Å². The maximum atomic E-state index is 13.2. The quantitative estimate of drug-likeness (QED) is 0.570. The van der Waals surface area contributed by atoms with Crippen LogP contribution in [0.1, 0.15) is 50.7 Å². The highest BCUT2D eigenvalue weighted by molar-refractivity contribution is 7.89. The molecular formula is C25H30N4O5S. The normalized spacial score (nSPS) is 21.0. The lowest BCUT2D eigenvalue weighted by atomic mass is 9.90. The molecule has 4 amide bonds. The first-order valence-electron chi connectivity index (χ1n) is 11.7. The molecule has 35 heavy (non-hydrogen) atoms. The van der Waals surface area contributed by atoms with Crippen LogP contribution in [0.3, 0.4) is 0 Å². The zero-order valence-corrected chi connectivity index (χ0v) is 20.9. The van der Waals surface area contributed by atoms with Crippen LogP contribution in [0.2, 0.25) is 0 Å². The van der Waals surface area contributed by atoms with Gasteiger partial charge in [-0.3, -0.25) is 14.5 Å². The molecule has 0 aliphatic carbocycles. The molecule has 2 aromatic rings. The average molecular weight is 499 g/mol. The van der Waals surface area contributed by atoms with E-state index in [1.54, 1.807) is 19.1 Å². The fraction of sp³-hybridized carbons (Fsp3) is 0.400. The van der Waals surface area contributed by atoms with Gasteiger partial charge in [0.25, 0.3) is 5.91 Å². The Kier molecular flexibility index (Phi) is 6.70. The van der Waals surface area contributed by atoms with Crippen LogP contribution in [0.4, 0.5) is 10.5 Å². The summed E-state index contributed by atoms with van der Waals surface area (Å²) in [5.74, 6) is -0.807. The molecule has 9 nitrogen and oxygen atoms in total. The molecule has 0 saturated carbocycles. The Morgan fingerprint density at radius 3 is 2.37 bits per heavy atom. The summed E-state index contributed by atoms with van der Waals surface area (Å²) in [6.45, 7) is 6.21. The summed E-state index contributed by atoms with van der Waals surface area (Å²) in [4.78, 5) is 39.4. The summed E-state index contributed by atoms with van der Waals surface area (Å²) < 4.78 is 27.0. The Morgan fingerprint density at radius 2 is 1.74 bits per heavy atom. The van der Waals surface area contributed by atoms with Crippen molar-refractivity contribution in [3.8, 4) is 0 Å². The molecule has 1 atom stereocenters. The number of carbonyl (C=O) groups excluding carboxylic acids is 3. The second-order valence-electron chi connectivity index (χ2n) is 9.41. The first kappa shape index (κ1) is 24.9. The number of nitrogens with one attached hydrogen (secondary N) is 2. The van der Waals surface area contributed by atoms with Crippen LogP contribution in [0.25, 0.3) is 0 Å². The van der Waals surface area contributed by atoms with Crippen molar-refractivity contribution in [3.63, 3.8) is 0 Å². The van der Waals surface area contributed by atoms with E-state index in [1.807, 2.05) is 24.3 Å². The Bertz CT molecular complexity index is 1250. The molecule has 0 unspecified atom stereocenters. The van der Waals surface area contributed by atoms with Crippen molar-refractivity contribution in [1.29, 1.82) is 0 Å². The average Bonchev–Trinajstić information content (AvgIpc) is 3.44. The van der Waals surface area contributed by atoms with E-state index >= 15 is 0 Å². The van der Waals surface area contributed by atoms with E-state index in [2.05, 4.69) is 24.5 Å². The van der Waals surface area contributed by atoms with Crippen LogP contribution in [0.5, 0.6) is 0 Å². The van der Waals surface area contributed by atoms with Gasteiger partial charge in [0.2, 0.25) is 15.9 Å². The summed E-state index contributed by atoms with van der Waals surface area (Å²) >= 11 is 0. The van der Waals surface area contributed by atoms with E-state index < -0.39 is 40.0 Å². The van der Waals surface area contributed by atoms with Gasteiger partial charge < -0.3 is 10.6 Å². The van der Waals surface area contributed by atoms with Crippen molar-refractivity contribution in [2.75, 3.05) is 25.0 Å². The van der Waals surface area contributed by atoms with Crippen LogP contribution in [-0.2, 0) is 25.2 Å². The van der Waals surface area contributed by atoms with Gasteiger partial charge in [-0.25, -0.2) is 13.2 Å². The number of carbonyl (C=O) groups is 3. The summed E-state index contributed by atoms with van der Waals surface area (Å²) in [6, 6.07) is 12.8. The standard InChI is InChI=1S/C25H30N4O5S/c1-17(2)18-9-11-19(12-10-18)25(3)23(31)29(24(32)27-25)16-22(30)26-20-7-6-8-21(15-20)35(33,34)28-13-4-5-14-28/h6-12,15,17H,4-5,13-14,16H2,1-3H3,(H,26,30)(H,27,32)/t25-/m0/s1. The third-order valence-corrected chi connectivity index (χ3v) is 8.45. The highest BCUT2D eigenvalue weighted by Gasteiger charge is 2.49. The van der Waals surface area contributed by atoms with Gasteiger partial charge in [0.1, 0.15) is 12.1 Å². The Hall–Kier alpha value is -3.24. The number of hydrogen-bond acceptors (Lipinski definition) is 5. The van der Waals surface area contributed by atoms with Crippen LogP contribution in [0.15, 0.2) is 53.4 Å². The lowest BCUT2D eigenvalue weighted by Gasteiger charge is -2.22. The molecule has 2 heterocycles. The van der Waals surface area contributed by atoms with Gasteiger partial charge in [0, 0.05) is 18.8 Å². The minimum Gasteiger partial charge on any atom is -0.324 e. The van der Waals surface area contributed by atoms with E-state index in [-0.39, 0.29) is 10.6 Å². The van der Waals surface area contributed by atoms with Gasteiger partial charge in [-0.15, -0.1) is 0 Å². The van der Waals surface area contributed by atoms with Crippen LogP contribution in [0, 0.1) is 0 Å². The molecule has 2 N–H and O–H groups in total. The minimum atomic E-state index is -3.64. The number of amides is 4. The third-order valence-electron chi connectivity index (χ3n) is 6.55. The number of nitrogens with zero attached hydrogens (tertiary/aromatic N) is 2. The van der Waals surface area contributed by atoms with Crippen molar-refractivity contribution in [1.82, 2.24) is 14.5 Å².